The highest BCUT2D eigenvalue weighted by Crippen LogP contribution is 2.24. The summed E-state index contributed by atoms with van der Waals surface area (Å²) in [6.45, 7) is -0.0808. The number of halogens is 2. The molecule has 2 amide bonds. The Balaban J connectivity index is 1.87. The van der Waals surface area contributed by atoms with E-state index in [0.29, 0.717) is 28.0 Å². The molecule has 0 saturated heterocycles. The van der Waals surface area contributed by atoms with Gasteiger partial charge in [0.05, 0.1) is 17.2 Å². The number of nitrogens with zero attached hydrogens (tertiary/aromatic N) is 1. The molecule has 0 aliphatic carbocycles. The molecule has 0 aliphatic heterocycles. The fourth-order valence-corrected chi connectivity index (χ4v) is 3.78. The minimum Gasteiger partial charge on any atom is -0.497 e. The van der Waals surface area contributed by atoms with Gasteiger partial charge in [-0.2, -0.15) is 0 Å². The fraction of sp³-hybridized carbons (Fsp3) is 0.231. The minimum absolute atomic E-state index is 0.159. The summed E-state index contributed by atoms with van der Waals surface area (Å²) in [5, 5.41) is 3.47. The molecule has 1 N–H and O–H groups in total. The maximum absolute atomic E-state index is 13.4. The van der Waals surface area contributed by atoms with Gasteiger partial charge in [0.1, 0.15) is 17.5 Å². The normalized spacial score (nSPS) is 11.4. The molecule has 0 unspecified atom stereocenters. The van der Waals surface area contributed by atoms with Gasteiger partial charge in [0.2, 0.25) is 5.91 Å². The number of benzene rings is 3. The Morgan fingerprint density at radius 1 is 0.912 bits per heavy atom. The molecular weight excluding hydrogens is 475 g/mol. The third kappa shape index (κ3) is 6.89. The van der Waals surface area contributed by atoms with Crippen molar-refractivity contribution in [3.8, 4) is 11.5 Å². The Hall–Kier alpha value is -3.22. The van der Waals surface area contributed by atoms with E-state index in [9.17, 15) is 9.59 Å². The number of hydrogen-bond acceptors (Lipinski definition) is 4. The van der Waals surface area contributed by atoms with Crippen LogP contribution in [0, 0.1) is 0 Å². The molecule has 0 aromatic heterocycles. The first kappa shape index (κ1) is 25.4. The molecular formula is C26H26Cl2N2O4. The van der Waals surface area contributed by atoms with E-state index in [1.807, 2.05) is 30.3 Å². The van der Waals surface area contributed by atoms with Gasteiger partial charge in [0.15, 0.2) is 6.61 Å². The van der Waals surface area contributed by atoms with E-state index >= 15 is 0 Å². The van der Waals surface area contributed by atoms with Gasteiger partial charge in [-0.1, -0.05) is 59.6 Å². The lowest BCUT2D eigenvalue weighted by molar-refractivity contribution is -0.142. The Morgan fingerprint density at radius 2 is 1.59 bits per heavy atom. The lowest BCUT2D eigenvalue weighted by atomic mass is 10.0. The van der Waals surface area contributed by atoms with E-state index in [-0.39, 0.29) is 25.0 Å². The molecule has 0 aliphatic rings. The Labute approximate surface area is 209 Å². The topological polar surface area (TPSA) is 67.9 Å². The van der Waals surface area contributed by atoms with Crippen LogP contribution in [-0.2, 0) is 22.6 Å². The number of ether oxygens (including phenoxy) is 2. The average molecular weight is 501 g/mol. The second-order valence-corrected chi connectivity index (χ2v) is 8.37. The predicted molar refractivity (Wildman–Crippen MR) is 134 cm³/mol. The SMILES string of the molecule is CNC(=O)[C@@H](Cc1ccccc1)N(Cc1ccc(Cl)c(Cl)c1)C(=O)COc1ccc(OC)cc1. The highest BCUT2D eigenvalue weighted by Gasteiger charge is 2.30. The first-order chi connectivity index (χ1) is 16.4. The molecule has 3 aromatic rings. The summed E-state index contributed by atoms with van der Waals surface area (Å²) in [6.07, 6.45) is 0.343. The zero-order valence-electron chi connectivity index (χ0n) is 19.0. The number of likely N-dealkylation sites (N-methyl/N-ethyl adjacent to an activating group) is 1. The van der Waals surface area contributed by atoms with E-state index in [1.165, 1.54) is 4.90 Å². The second-order valence-electron chi connectivity index (χ2n) is 7.55. The van der Waals surface area contributed by atoms with E-state index in [2.05, 4.69) is 5.32 Å². The molecule has 1 atom stereocenters. The van der Waals surface area contributed by atoms with Gasteiger partial charge in [-0.3, -0.25) is 9.59 Å². The van der Waals surface area contributed by atoms with Crippen LogP contribution in [0.4, 0.5) is 0 Å². The van der Waals surface area contributed by atoms with Crippen LogP contribution in [0.3, 0.4) is 0 Å². The van der Waals surface area contributed by atoms with Gasteiger partial charge in [-0.05, 0) is 47.5 Å². The fourth-order valence-electron chi connectivity index (χ4n) is 3.46. The van der Waals surface area contributed by atoms with Crippen molar-refractivity contribution in [2.24, 2.45) is 0 Å². The van der Waals surface area contributed by atoms with Crippen LogP contribution < -0.4 is 14.8 Å². The third-order valence-electron chi connectivity index (χ3n) is 5.28. The molecule has 34 heavy (non-hydrogen) atoms. The number of methoxy groups -OCH3 is 1. The van der Waals surface area contributed by atoms with Gasteiger partial charge >= 0.3 is 0 Å². The van der Waals surface area contributed by atoms with Crippen LogP contribution >= 0.6 is 23.2 Å². The number of carbonyl (C=O) groups excluding carboxylic acids is 2. The Bertz CT molecular complexity index is 1110. The molecule has 6 nitrogen and oxygen atoms in total. The van der Waals surface area contributed by atoms with E-state index in [4.69, 9.17) is 32.7 Å². The predicted octanol–water partition coefficient (Wildman–Crippen LogP) is 4.77. The van der Waals surface area contributed by atoms with Gasteiger partial charge in [-0.15, -0.1) is 0 Å². The summed E-state index contributed by atoms with van der Waals surface area (Å²) in [5.74, 6) is 0.582. The second kappa shape index (κ2) is 12.3. The molecule has 0 spiro atoms. The van der Waals surface area contributed by atoms with Crippen molar-refractivity contribution < 1.29 is 19.1 Å². The van der Waals surface area contributed by atoms with Gasteiger partial charge in [0, 0.05) is 20.0 Å². The van der Waals surface area contributed by atoms with Crippen molar-refractivity contribution >= 4 is 35.0 Å². The number of amides is 2. The van der Waals surface area contributed by atoms with E-state index in [0.717, 1.165) is 11.1 Å². The van der Waals surface area contributed by atoms with Crippen LogP contribution in [0.1, 0.15) is 11.1 Å². The van der Waals surface area contributed by atoms with Crippen LogP contribution in [0.25, 0.3) is 0 Å². The van der Waals surface area contributed by atoms with Crippen LogP contribution in [0.5, 0.6) is 11.5 Å². The van der Waals surface area contributed by atoms with Crippen molar-refractivity contribution in [2.75, 3.05) is 20.8 Å². The summed E-state index contributed by atoms with van der Waals surface area (Å²) >= 11 is 12.2. The van der Waals surface area contributed by atoms with Gasteiger partial charge in [-0.25, -0.2) is 0 Å². The molecule has 3 rings (SSSR count). The summed E-state index contributed by atoms with van der Waals surface area (Å²) in [7, 11) is 3.13. The van der Waals surface area contributed by atoms with E-state index in [1.54, 1.807) is 56.6 Å². The van der Waals surface area contributed by atoms with Crippen LogP contribution in [0.15, 0.2) is 72.8 Å². The monoisotopic (exact) mass is 500 g/mol. The number of hydrogen-bond donors (Lipinski definition) is 1. The quantitative estimate of drug-likeness (QED) is 0.435. The van der Waals surface area contributed by atoms with Crippen molar-refractivity contribution in [1.29, 1.82) is 0 Å². The number of rotatable bonds is 10. The highest BCUT2D eigenvalue weighted by atomic mass is 35.5. The minimum atomic E-state index is -0.756. The van der Waals surface area contributed by atoms with E-state index < -0.39 is 6.04 Å². The molecule has 0 heterocycles. The summed E-state index contributed by atoms with van der Waals surface area (Å²) in [6, 6.07) is 20.9. The third-order valence-corrected chi connectivity index (χ3v) is 6.02. The number of carbonyl (C=O) groups is 2. The van der Waals surface area contributed by atoms with Crippen molar-refractivity contribution in [2.45, 2.75) is 19.0 Å². The van der Waals surface area contributed by atoms with Gasteiger partial charge < -0.3 is 19.7 Å². The summed E-state index contributed by atoms with van der Waals surface area (Å²) in [5.41, 5.74) is 1.67. The molecule has 3 aromatic carbocycles. The average Bonchev–Trinajstić information content (AvgIpc) is 2.87. The first-order valence-corrected chi connectivity index (χ1v) is 11.4. The largest absolute Gasteiger partial charge is 0.497 e. The smallest absolute Gasteiger partial charge is 0.261 e. The molecule has 0 radical (unpaired) electrons. The molecule has 0 bridgehead atoms. The molecule has 8 heteroatoms. The first-order valence-electron chi connectivity index (χ1n) is 10.7. The van der Waals surface area contributed by atoms with Crippen molar-refractivity contribution in [3.05, 3.63) is 94.0 Å². The maximum atomic E-state index is 13.4. The number of nitrogens with one attached hydrogen (secondary N) is 1. The zero-order valence-corrected chi connectivity index (χ0v) is 20.5. The highest BCUT2D eigenvalue weighted by molar-refractivity contribution is 6.42. The maximum Gasteiger partial charge on any atom is 0.261 e. The molecule has 178 valence electrons. The van der Waals surface area contributed by atoms with Crippen LogP contribution in [0.2, 0.25) is 10.0 Å². The van der Waals surface area contributed by atoms with Crippen LogP contribution in [-0.4, -0.2) is 43.5 Å². The molecule has 0 fully saturated rings. The summed E-state index contributed by atoms with van der Waals surface area (Å²) in [4.78, 5) is 27.8. The summed E-state index contributed by atoms with van der Waals surface area (Å²) < 4.78 is 10.9. The van der Waals surface area contributed by atoms with Gasteiger partial charge in [0.25, 0.3) is 5.91 Å². The zero-order chi connectivity index (χ0) is 24.5. The Morgan fingerprint density at radius 3 is 2.21 bits per heavy atom. The molecule has 0 saturated carbocycles. The lowest BCUT2D eigenvalue weighted by Crippen LogP contribution is -2.51. The standard InChI is InChI=1S/C26H26Cl2N2O4/c1-29-26(32)24(15-18-6-4-3-5-7-18)30(16-19-8-13-22(27)23(28)14-19)25(31)17-34-21-11-9-20(33-2)10-12-21/h3-14,24H,15-17H2,1-2H3,(H,29,32)/t24-/m1/s1. The lowest BCUT2D eigenvalue weighted by Gasteiger charge is -2.31. The van der Waals surface area contributed by atoms with Crippen molar-refractivity contribution in [1.82, 2.24) is 10.2 Å². The Kier molecular flexibility index (Phi) is 9.19. The van der Waals surface area contributed by atoms with Crippen molar-refractivity contribution in [3.63, 3.8) is 0 Å².